The minimum atomic E-state index is -0.103. The van der Waals surface area contributed by atoms with Crippen LogP contribution in [0, 0.1) is 0 Å². The minimum absolute atomic E-state index is 0.103. The van der Waals surface area contributed by atoms with E-state index < -0.39 is 0 Å². The average molecular weight is 406 g/mol. The van der Waals surface area contributed by atoms with Crippen LogP contribution in [0.3, 0.4) is 0 Å². The molecule has 0 bridgehead atoms. The summed E-state index contributed by atoms with van der Waals surface area (Å²) >= 11 is 9.17. The normalized spacial score (nSPS) is 10.6. The Morgan fingerprint density at radius 3 is 2.62 bits per heavy atom. The van der Waals surface area contributed by atoms with E-state index in [1.54, 1.807) is 41.3 Å². The highest BCUT2D eigenvalue weighted by atomic mass is 79.9. The standard InChI is InChI=1S/C17H14BrClN4O/c1-22(10-12-2-7-16(19)20-8-12)17(24)13-9-21-23(11-13)15-5-3-14(18)4-6-15/h2-9,11H,10H2,1H3. The Balaban J connectivity index is 1.73. The zero-order valence-corrected chi connectivity index (χ0v) is 15.2. The van der Waals surface area contributed by atoms with Crippen LogP contribution < -0.4 is 0 Å². The van der Waals surface area contributed by atoms with Crippen molar-refractivity contribution in [3.05, 3.63) is 75.7 Å². The predicted octanol–water partition coefficient (Wildman–Crippen LogP) is 3.96. The van der Waals surface area contributed by atoms with Crippen molar-refractivity contribution >= 4 is 33.4 Å². The molecule has 122 valence electrons. The summed E-state index contributed by atoms with van der Waals surface area (Å²) in [5, 5.41) is 4.70. The van der Waals surface area contributed by atoms with Crippen LogP contribution in [-0.4, -0.2) is 32.6 Å². The van der Waals surface area contributed by atoms with Gasteiger partial charge in [0.25, 0.3) is 5.91 Å². The molecule has 0 aliphatic carbocycles. The molecule has 0 atom stereocenters. The zero-order valence-electron chi connectivity index (χ0n) is 12.9. The van der Waals surface area contributed by atoms with E-state index >= 15 is 0 Å². The molecular weight excluding hydrogens is 392 g/mol. The number of aromatic nitrogens is 3. The molecule has 0 aliphatic heterocycles. The quantitative estimate of drug-likeness (QED) is 0.618. The lowest BCUT2D eigenvalue weighted by molar-refractivity contribution is 0.0785. The maximum atomic E-state index is 12.5. The van der Waals surface area contributed by atoms with E-state index in [4.69, 9.17) is 11.6 Å². The van der Waals surface area contributed by atoms with E-state index in [-0.39, 0.29) is 5.91 Å². The maximum Gasteiger partial charge on any atom is 0.257 e. The molecule has 7 heteroatoms. The van der Waals surface area contributed by atoms with E-state index in [9.17, 15) is 4.79 Å². The summed E-state index contributed by atoms with van der Waals surface area (Å²) in [6.45, 7) is 0.451. The Morgan fingerprint density at radius 2 is 1.96 bits per heavy atom. The summed E-state index contributed by atoms with van der Waals surface area (Å²) in [5.74, 6) is -0.103. The summed E-state index contributed by atoms with van der Waals surface area (Å²) in [7, 11) is 1.74. The number of benzene rings is 1. The number of hydrogen-bond donors (Lipinski definition) is 0. The molecule has 0 aliphatic rings. The third-order valence-corrected chi connectivity index (χ3v) is 4.23. The number of pyridine rings is 1. The molecule has 0 N–H and O–H groups in total. The minimum Gasteiger partial charge on any atom is -0.337 e. The third-order valence-electron chi connectivity index (χ3n) is 3.48. The highest BCUT2D eigenvalue weighted by Gasteiger charge is 2.15. The van der Waals surface area contributed by atoms with Gasteiger partial charge in [-0.3, -0.25) is 4.79 Å². The van der Waals surface area contributed by atoms with Crippen molar-refractivity contribution in [3.63, 3.8) is 0 Å². The van der Waals surface area contributed by atoms with Crippen LogP contribution >= 0.6 is 27.5 Å². The van der Waals surface area contributed by atoms with Crippen molar-refractivity contribution in [1.82, 2.24) is 19.7 Å². The monoisotopic (exact) mass is 404 g/mol. The summed E-state index contributed by atoms with van der Waals surface area (Å²) in [5.41, 5.74) is 2.33. The molecule has 0 saturated carbocycles. The lowest BCUT2D eigenvalue weighted by Crippen LogP contribution is -2.25. The van der Waals surface area contributed by atoms with Crippen molar-refractivity contribution in [1.29, 1.82) is 0 Å². The van der Waals surface area contributed by atoms with Gasteiger partial charge < -0.3 is 4.90 Å². The Labute approximate surface area is 153 Å². The molecule has 1 aromatic carbocycles. The number of carbonyl (C=O) groups is 1. The molecule has 0 unspecified atom stereocenters. The van der Waals surface area contributed by atoms with Crippen LogP contribution in [0.4, 0.5) is 0 Å². The van der Waals surface area contributed by atoms with Crippen molar-refractivity contribution in [2.24, 2.45) is 0 Å². The van der Waals surface area contributed by atoms with Gasteiger partial charge in [0.15, 0.2) is 0 Å². The number of rotatable bonds is 4. The molecule has 3 rings (SSSR count). The number of halogens is 2. The fraction of sp³-hybridized carbons (Fsp3) is 0.118. The molecule has 1 amide bonds. The predicted molar refractivity (Wildman–Crippen MR) is 96.3 cm³/mol. The van der Waals surface area contributed by atoms with Crippen molar-refractivity contribution in [2.45, 2.75) is 6.54 Å². The summed E-state index contributed by atoms with van der Waals surface area (Å²) in [6, 6.07) is 11.3. The molecule has 2 heterocycles. The Morgan fingerprint density at radius 1 is 1.21 bits per heavy atom. The van der Waals surface area contributed by atoms with Crippen molar-refractivity contribution < 1.29 is 4.79 Å². The Kier molecular flexibility index (Phi) is 4.97. The smallest absolute Gasteiger partial charge is 0.257 e. The van der Waals surface area contributed by atoms with E-state index in [1.807, 2.05) is 30.3 Å². The molecule has 3 aromatic rings. The van der Waals surface area contributed by atoms with Gasteiger partial charge in [-0.05, 0) is 35.9 Å². The van der Waals surface area contributed by atoms with Crippen LogP contribution in [0.2, 0.25) is 5.15 Å². The Bertz CT molecular complexity index is 846. The molecule has 24 heavy (non-hydrogen) atoms. The van der Waals surface area contributed by atoms with Crippen LogP contribution in [0.15, 0.2) is 59.5 Å². The first-order valence-corrected chi connectivity index (χ1v) is 8.36. The van der Waals surface area contributed by atoms with Crippen molar-refractivity contribution in [3.8, 4) is 5.69 Å². The first kappa shape index (κ1) is 16.7. The van der Waals surface area contributed by atoms with Gasteiger partial charge in [-0.1, -0.05) is 33.6 Å². The van der Waals surface area contributed by atoms with Gasteiger partial charge in [-0.15, -0.1) is 0 Å². The van der Waals surface area contributed by atoms with E-state index in [1.165, 1.54) is 0 Å². The SMILES string of the molecule is CN(Cc1ccc(Cl)nc1)C(=O)c1cnn(-c2ccc(Br)cc2)c1. The summed E-state index contributed by atoms with van der Waals surface area (Å²) < 4.78 is 2.67. The lowest BCUT2D eigenvalue weighted by atomic mass is 10.2. The molecule has 0 radical (unpaired) electrons. The van der Waals surface area contributed by atoms with Crippen LogP contribution in [0.1, 0.15) is 15.9 Å². The van der Waals surface area contributed by atoms with Gasteiger partial charge in [0.1, 0.15) is 5.15 Å². The van der Waals surface area contributed by atoms with Gasteiger partial charge in [0.05, 0.1) is 17.4 Å². The van der Waals surface area contributed by atoms with Crippen molar-refractivity contribution in [2.75, 3.05) is 7.05 Å². The first-order valence-electron chi connectivity index (χ1n) is 7.19. The van der Waals surface area contributed by atoms with Crippen LogP contribution in [0.5, 0.6) is 0 Å². The molecule has 2 aromatic heterocycles. The van der Waals surface area contributed by atoms with Crippen LogP contribution in [-0.2, 0) is 6.54 Å². The largest absolute Gasteiger partial charge is 0.337 e. The number of carbonyl (C=O) groups excluding carboxylic acids is 1. The van der Waals surface area contributed by atoms with Gasteiger partial charge in [-0.2, -0.15) is 5.10 Å². The maximum absolute atomic E-state index is 12.5. The second-order valence-electron chi connectivity index (χ2n) is 5.30. The van der Waals surface area contributed by atoms with Gasteiger partial charge >= 0.3 is 0 Å². The zero-order chi connectivity index (χ0) is 17.1. The molecule has 0 saturated heterocycles. The van der Waals surface area contributed by atoms with Gasteiger partial charge in [0, 0.05) is 30.5 Å². The van der Waals surface area contributed by atoms with E-state index in [0.717, 1.165) is 15.7 Å². The summed E-state index contributed by atoms with van der Waals surface area (Å²) in [6.07, 6.45) is 4.96. The van der Waals surface area contributed by atoms with E-state index in [2.05, 4.69) is 26.0 Å². The number of amides is 1. The van der Waals surface area contributed by atoms with E-state index in [0.29, 0.717) is 17.3 Å². The second kappa shape index (κ2) is 7.15. The Hall–Kier alpha value is -2.18. The fourth-order valence-corrected chi connectivity index (χ4v) is 2.61. The van der Waals surface area contributed by atoms with Crippen LogP contribution in [0.25, 0.3) is 5.69 Å². The third kappa shape index (κ3) is 3.83. The van der Waals surface area contributed by atoms with Gasteiger partial charge in [0.2, 0.25) is 0 Å². The highest BCUT2D eigenvalue weighted by molar-refractivity contribution is 9.10. The second-order valence-corrected chi connectivity index (χ2v) is 6.60. The highest BCUT2D eigenvalue weighted by Crippen LogP contribution is 2.15. The topological polar surface area (TPSA) is 51.0 Å². The average Bonchev–Trinajstić information content (AvgIpc) is 3.07. The molecule has 0 spiro atoms. The fourth-order valence-electron chi connectivity index (χ4n) is 2.23. The van der Waals surface area contributed by atoms with Gasteiger partial charge in [-0.25, -0.2) is 9.67 Å². The molecule has 0 fully saturated rings. The number of hydrogen-bond acceptors (Lipinski definition) is 3. The number of nitrogens with zero attached hydrogens (tertiary/aromatic N) is 4. The molecule has 5 nitrogen and oxygen atoms in total. The molecular formula is C17H14BrClN4O. The summed E-state index contributed by atoms with van der Waals surface area (Å²) in [4.78, 5) is 18.2. The lowest BCUT2D eigenvalue weighted by Gasteiger charge is -2.16. The first-order chi connectivity index (χ1) is 11.5.